The summed E-state index contributed by atoms with van der Waals surface area (Å²) >= 11 is 0. The highest BCUT2D eigenvalue weighted by Gasteiger charge is 2.26. The lowest BCUT2D eigenvalue weighted by Gasteiger charge is -2.20. The van der Waals surface area contributed by atoms with E-state index >= 15 is 0 Å². The highest BCUT2D eigenvalue weighted by Crippen LogP contribution is 2.26. The molecule has 1 heterocycles. The number of nitrogens with zero attached hydrogens (tertiary/aromatic N) is 1. The van der Waals surface area contributed by atoms with Crippen LogP contribution in [0.4, 0.5) is 0 Å². The maximum atomic E-state index is 11.5. The van der Waals surface area contributed by atoms with E-state index in [1.807, 2.05) is 42.5 Å². The van der Waals surface area contributed by atoms with E-state index in [1.165, 1.54) is 11.1 Å². The fourth-order valence-corrected chi connectivity index (χ4v) is 2.80. The quantitative estimate of drug-likeness (QED) is 0.926. The SMILES string of the molecule is O=C(O)C(CN1Cc2ccccc2C1)c1ccccc1. The summed E-state index contributed by atoms with van der Waals surface area (Å²) in [4.78, 5) is 13.7. The number of carboxylic acids is 1. The molecule has 3 rings (SSSR count). The van der Waals surface area contributed by atoms with Crippen LogP contribution in [0.1, 0.15) is 22.6 Å². The van der Waals surface area contributed by atoms with E-state index in [0.29, 0.717) is 6.54 Å². The second kappa shape index (κ2) is 5.47. The predicted octanol–water partition coefficient (Wildman–Crippen LogP) is 2.87. The van der Waals surface area contributed by atoms with Crippen molar-refractivity contribution in [2.45, 2.75) is 19.0 Å². The molecule has 2 aromatic carbocycles. The van der Waals surface area contributed by atoms with Gasteiger partial charge >= 0.3 is 5.97 Å². The van der Waals surface area contributed by atoms with Gasteiger partial charge in [-0.05, 0) is 16.7 Å². The Kier molecular flexibility index (Phi) is 3.52. The van der Waals surface area contributed by atoms with Crippen LogP contribution in [-0.4, -0.2) is 22.5 Å². The first-order valence-electron chi connectivity index (χ1n) is 6.81. The van der Waals surface area contributed by atoms with Gasteiger partial charge in [0.1, 0.15) is 0 Å². The molecule has 1 N–H and O–H groups in total. The molecule has 1 aliphatic heterocycles. The zero-order valence-corrected chi connectivity index (χ0v) is 11.2. The summed E-state index contributed by atoms with van der Waals surface area (Å²) < 4.78 is 0. The third kappa shape index (κ3) is 2.58. The monoisotopic (exact) mass is 267 g/mol. The summed E-state index contributed by atoms with van der Waals surface area (Å²) in [5.74, 6) is -1.22. The highest BCUT2D eigenvalue weighted by atomic mass is 16.4. The Hall–Kier alpha value is -2.13. The molecule has 0 radical (unpaired) electrons. The van der Waals surface area contributed by atoms with Crippen LogP contribution < -0.4 is 0 Å². The second-order valence-corrected chi connectivity index (χ2v) is 5.24. The first kappa shape index (κ1) is 12.9. The molecule has 1 unspecified atom stereocenters. The van der Waals surface area contributed by atoms with E-state index in [2.05, 4.69) is 17.0 Å². The molecule has 102 valence electrons. The lowest BCUT2D eigenvalue weighted by atomic mass is 9.99. The van der Waals surface area contributed by atoms with Gasteiger partial charge in [-0.25, -0.2) is 0 Å². The van der Waals surface area contributed by atoms with Gasteiger partial charge in [0, 0.05) is 19.6 Å². The van der Waals surface area contributed by atoms with Crippen LogP contribution in [0, 0.1) is 0 Å². The van der Waals surface area contributed by atoms with Gasteiger partial charge in [-0.2, -0.15) is 0 Å². The van der Waals surface area contributed by atoms with Gasteiger partial charge in [-0.15, -0.1) is 0 Å². The van der Waals surface area contributed by atoms with Gasteiger partial charge in [-0.1, -0.05) is 54.6 Å². The van der Waals surface area contributed by atoms with Gasteiger partial charge in [-0.3, -0.25) is 9.69 Å². The highest BCUT2D eigenvalue weighted by molar-refractivity contribution is 5.76. The largest absolute Gasteiger partial charge is 0.481 e. The first-order valence-corrected chi connectivity index (χ1v) is 6.81. The lowest BCUT2D eigenvalue weighted by Crippen LogP contribution is -2.28. The fourth-order valence-electron chi connectivity index (χ4n) is 2.80. The van der Waals surface area contributed by atoms with Crippen molar-refractivity contribution in [3.8, 4) is 0 Å². The molecule has 1 atom stereocenters. The minimum Gasteiger partial charge on any atom is -0.481 e. The maximum Gasteiger partial charge on any atom is 0.312 e. The molecule has 0 aliphatic carbocycles. The van der Waals surface area contributed by atoms with E-state index < -0.39 is 11.9 Å². The Labute approximate surface area is 118 Å². The lowest BCUT2D eigenvalue weighted by molar-refractivity contribution is -0.139. The predicted molar refractivity (Wildman–Crippen MR) is 77.4 cm³/mol. The van der Waals surface area contributed by atoms with Crippen molar-refractivity contribution >= 4 is 5.97 Å². The second-order valence-electron chi connectivity index (χ2n) is 5.24. The van der Waals surface area contributed by atoms with Gasteiger partial charge in [0.05, 0.1) is 5.92 Å². The molecule has 0 bridgehead atoms. The maximum absolute atomic E-state index is 11.5. The zero-order valence-electron chi connectivity index (χ0n) is 11.2. The van der Waals surface area contributed by atoms with E-state index in [4.69, 9.17) is 0 Å². The minimum atomic E-state index is -0.757. The average Bonchev–Trinajstić information content (AvgIpc) is 2.88. The molecule has 0 fully saturated rings. The fraction of sp³-hybridized carbons (Fsp3) is 0.235. The van der Waals surface area contributed by atoms with Crippen molar-refractivity contribution in [2.75, 3.05) is 6.54 Å². The Morgan fingerprint density at radius 1 is 1.00 bits per heavy atom. The van der Waals surface area contributed by atoms with E-state index in [1.54, 1.807) is 0 Å². The van der Waals surface area contributed by atoms with Crippen LogP contribution in [0.5, 0.6) is 0 Å². The molecule has 0 saturated carbocycles. The molecule has 3 heteroatoms. The van der Waals surface area contributed by atoms with Crippen molar-refractivity contribution in [3.63, 3.8) is 0 Å². The van der Waals surface area contributed by atoms with Crippen LogP contribution >= 0.6 is 0 Å². The van der Waals surface area contributed by atoms with Gasteiger partial charge < -0.3 is 5.11 Å². The van der Waals surface area contributed by atoms with Crippen LogP contribution in [0.15, 0.2) is 54.6 Å². The Morgan fingerprint density at radius 2 is 1.55 bits per heavy atom. The molecule has 1 aliphatic rings. The standard InChI is InChI=1S/C17H17NO2/c19-17(20)16(13-6-2-1-3-7-13)12-18-10-14-8-4-5-9-15(14)11-18/h1-9,16H,10-12H2,(H,19,20). The van der Waals surface area contributed by atoms with Crippen LogP contribution in [0.25, 0.3) is 0 Å². The summed E-state index contributed by atoms with van der Waals surface area (Å²) in [6, 6.07) is 17.8. The molecule has 2 aromatic rings. The van der Waals surface area contributed by atoms with Crippen molar-refractivity contribution < 1.29 is 9.90 Å². The summed E-state index contributed by atoms with van der Waals surface area (Å²) in [6.45, 7) is 2.23. The molecule has 3 nitrogen and oxygen atoms in total. The van der Waals surface area contributed by atoms with E-state index in [0.717, 1.165) is 18.7 Å². The third-order valence-corrected chi connectivity index (χ3v) is 3.85. The van der Waals surface area contributed by atoms with Crippen molar-refractivity contribution in [1.82, 2.24) is 4.90 Å². The zero-order chi connectivity index (χ0) is 13.9. The topological polar surface area (TPSA) is 40.5 Å². The molecule has 20 heavy (non-hydrogen) atoms. The number of fused-ring (bicyclic) bond motifs is 1. The Morgan fingerprint density at radius 3 is 2.10 bits per heavy atom. The van der Waals surface area contributed by atoms with Gasteiger partial charge in [0.15, 0.2) is 0 Å². The van der Waals surface area contributed by atoms with E-state index in [9.17, 15) is 9.90 Å². The Bertz CT molecular complexity index is 584. The summed E-state index contributed by atoms with van der Waals surface area (Å²) in [7, 11) is 0. The molecule has 0 aromatic heterocycles. The van der Waals surface area contributed by atoms with Crippen molar-refractivity contribution in [3.05, 3.63) is 71.3 Å². The number of carboxylic acid groups (broad SMARTS) is 1. The molecule has 0 spiro atoms. The number of carbonyl (C=O) groups is 1. The smallest absolute Gasteiger partial charge is 0.312 e. The normalized spacial score (nSPS) is 15.8. The van der Waals surface area contributed by atoms with Crippen molar-refractivity contribution in [2.24, 2.45) is 0 Å². The number of rotatable bonds is 4. The summed E-state index contributed by atoms with van der Waals surface area (Å²) in [6.07, 6.45) is 0. The number of benzene rings is 2. The van der Waals surface area contributed by atoms with Crippen LogP contribution in [0.3, 0.4) is 0 Å². The average molecular weight is 267 g/mol. The minimum absolute atomic E-state index is 0.467. The van der Waals surface area contributed by atoms with Crippen molar-refractivity contribution in [1.29, 1.82) is 0 Å². The van der Waals surface area contributed by atoms with Crippen LogP contribution in [0.2, 0.25) is 0 Å². The molecular weight excluding hydrogens is 250 g/mol. The molecule has 0 saturated heterocycles. The number of hydrogen-bond acceptors (Lipinski definition) is 2. The van der Waals surface area contributed by atoms with Gasteiger partial charge in [0.2, 0.25) is 0 Å². The Balaban J connectivity index is 1.75. The third-order valence-electron chi connectivity index (χ3n) is 3.85. The van der Waals surface area contributed by atoms with E-state index in [-0.39, 0.29) is 0 Å². The molecular formula is C17H17NO2. The first-order chi connectivity index (χ1) is 9.74. The van der Waals surface area contributed by atoms with Crippen LogP contribution in [-0.2, 0) is 17.9 Å². The summed E-state index contributed by atoms with van der Waals surface area (Å²) in [5, 5.41) is 9.48. The van der Waals surface area contributed by atoms with Gasteiger partial charge in [0.25, 0.3) is 0 Å². The number of aliphatic carboxylic acids is 1. The number of hydrogen-bond donors (Lipinski definition) is 1. The summed E-state index contributed by atoms with van der Waals surface area (Å²) in [5.41, 5.74) is 3.49. The molecule has 0 amide bonds.